The van der Waals surface area contributed by atoms with Crippen LogP contribution in [0, 0.1) is 11.3 Å². The zero-order chi connectivity index (χ0) is 12.9. The summed E-state index contributed by atoms with van der Waals surface area (Å²) in [7, 11) is 0. The van der Waals surface area contributed by atoms with Crippen molar-refractivity contribution in [1.29, 1.82) is 5.26 Å². The fourth-order valence-corrected chi connectivity index (χ4v) is 3.40. The number of benzene rings is 1. The standard InChI is InChI=1S/C14H12N2OS/c1-14(2)12-11(9(7-15)13(16)18-12)8-5-3-4-6-10(8)17-14/h3-6H,16H2,1-2H3. The highest BCUT2D eigenvalue weighted by Gasteiger charge is 2.37. The first-order valence-electron chi connectivity index (χ1n) is 5.66. The summed E-state index contributed by atoms with van der Waals surface area (Å²) in [5.41, 5.74) is 7.96. The first kappa shape index (κ1) is 11.1. The molecular formula is C14H12N2OS. The highest BCUT2D eigenvalue weighted by atomic mass is 32.1. The van der Waals surface area contributed by atoms with E-state index in [2.05, 4.69) is 6.07 Å². The molecule has 0 unspecified atom stereocenters. The molecule has 0 saturated heterocycles. The second-order valence-corrected chi connectivity index (χ2v) is 5.82. The van der Waals surface area contributed by atoms with Crippen LogP contribution in [-0.2, 0) is 5.60 Å². The van der Waals surface area contributed by atoms with Gasteiger partial charge in [0.1, 0.15) is 22.4 Å². The van der Waals surface area contributed by atoms with Gasteiger partial charge in [0.05, 0.1) is 10.4 Å². The second-order valence-electron chi connectivity index (χ2n) is 4.77. The molecule has 1 aliphatic heterocycles. The number of nitrogen functional groups attached to an aromatic ring is 1. The zero-order valence-corrected chi connectivity index (χ0v) is 11.0. The van der Waals surface area contributed by atoms with Crippen LogP contribution in [0.2, 0.25) is 0 Å². The van der Waals surface area contributed by atoms with Crippen molar-refractivity contribution in [3.8, 4) is 22.9 Å². The monoisotopic (exact) mass is 256 g/mol. The summed E-state index contributed by atoms with van der Waals surface area (Å²) >= 11 is 1.44. The number of ether oxygens (including phenoxy) is 1. The van der Waals surface area contributed by atoms with Crippen LogP contribution < -0.4 is 10.5 Å². The summed E-state index contributed by atoms with van der Waals surface area (Å²) in [5, 5.41) is 9.86. The lowest BCUT2D eigenvalue weighted by Gasteiger charge is -2.32. The lowest BCUT2D eigenvalue weighted by molar-refractivity contribution is 0.110. The Labute approximate surface area is 109 Å². The Morgan fingerprint density at radius 1 is 1.33 bits per heavy atom. The predicted octanol–water partition coefficient (Wildman–Crippen LogP) is 3.50. The molecule has 0 amide bonds. The van der Waals surface area contributed by atoms with Gasteiger partial charge in [-0.3, -0.25) is 0 Å². The van der Waals surface area contributed by atoms with Crippen LogP contribution in [0.5, 0.6) is 5.75 Å². The van der Waals surface area contributed by atoms with Crippen molar-refractivity contribution in [1.82, 2.24) is 0 Å². The number of hydrogen-bond donors (Lipinski definition) is 1. The molecule has 2 heterocycles. The molecule has 1 aliphatic rings. The fourth-order valence-electron chi connectivity index (χ4n) is 2.32. The van der Waals surface area contributed by atoms with Crippen molar-refractivity contribution >= 4 is 16.3 Å². The molecule has 0 atom stereocenters. The fraction of sp³-hybridized carbons (Fsp3) is 0.214. The Balaban J connectivity index is 2.41. The van der Waals surface area contributed by atoms with E-state index in [0.717, 1.165) is 21.8 Å². The number of nitriles is 1. The molecule has 3 rings (SSSR count). The lowest BCUT2D eigenvalue weighted by atomic mass is 9.91. The van der Waals surface area contributed by atoms with Crippen molar-refractivity contribution in [2.24, 2.45) is 0 Å². The van der Waals surface area contributed by atoms with Gasteiger partial charge in [0.15, 0.2) is 0 Å². The summed E-state index contributed by atoms with van der Waals surface area (Å²) < 4.78 is 6.00. The van der Waals surface area contributed by atoms with Crippen LogP contribution in [0.25, 0.3) is 11.1 Å². The minimum absolute atomic E-state index is 0.447. The predicted molar refractivity (Wildman–Crippen MR) is 72.5 cm³/mol. The summed E-state index contributed by atoms with van der Waals surface area (Å²) in [6.07, 6.45) is 0. The van der Waals surface area contributed by atoms with Gasteiger partial charge < -0.3 is 10.5 Å². The molecule has 0 aliphatic carbocycles. The van der Waals surface area contributed by atoms with Crippen LogP contribution in [0.15, 0.2) is 24.3 Å². The van der Waals surface area contributed by atoms with E-state index in [9.17, 15) is 5.26 Å². The first-order valence-corrected chi connectivity index (χ1v) is 6.47. The zero-order valence-electron chi connectivity index (χ0n) is 10.2. The van der Waals surface area contributed by atoms with Gasteiger partial charge in [-0.15, -0.1) is 11.3 Å². The third kappa shape index (κ3) is 1.34. The maximum absolute atomic E-state index is 9.29. The molecule has 3 nitrogen and oxygen atoms in total. The molecule has 2 aromatic rings. The molecule has 0 spiro atoms. The largest absolute Gasteiger partial charge is 0.482 e. The molecule has 90 valence electrons. The summed E-state index contributed by atoms with van der Waals surface area (Å²) in [6, 6.07) is 9.98. The number of para-hydroxylation sites is 1. The number of nitrogens with two attached hydrogens (primary N) is 1. The van der Waals surface area contributed by atoms with E-state index in [-0.39, 0.29) is 0 Å². The lowest BCUT2D eigenvalue weighted by Crippen LogP contribution is -2.27. The molecule has 0 saturated carbocycles. The highest BCUT2D eigenvalue weighted by Crippen LogP contribution is 2.51. The molecule has 2 N–H and O–H groups in total. The molecule has 1 aromatic heterocycles. The average molecular weight is 256 g/mol. The van der Waals surface area contributed by atoms with Crippen molar-refractivity contribution in [3.63, 3.8) is 0 Å². The molecule has 0 fully saturated rings. The Morgan fingerprint density at radius 3 is 2.78 bits per heavy atom. The maximum Gasteiger partial charge on any atom is 0.138 e. The van der Waals surface area contributed by atoms with Gasteiger partial charge in [0.25, 0.3) is 0 Å². The van der Waals surface area contributed by atoms with Crippen molar-refractivity contribution in [3.05, 3.63) is 34.7 Å². The third-order valence-corrected chi connectivity index (χ3v) is 4.44. The Hall–Kier alpha value is -1.99. The van der Waals surface area contributed by atoms with E-state index < -0.39 is 5.60 Å². The van der Waals surface area contributed by atoms with E-state index in [1.54, 1.807) is 0 Å². The Morgan fingerprint density at radius 2 is 2.06 bits per heavy atom. The van der Waals surface area contributed by atoms with Crippen LogP contribution in [-0.4, -0.2) is 0 Å². The topological polar surface area (TPSA) is 59.0 Å². The van der Waals surface area contributed by atoms with E-state index in [1.165, 1.54) is 11.3 Å². The molecule has 1 aromatic carbocycles. The van der Waals surface area contributed by atoms with Crippen molar-refractivity contribution in [2.75, 3.05) is 5.73 Å². The molecule has 4 heteroatoms. The molecule has 0 bridgehead atoms. The van der Waals surface area contributed by atoms with Gasteiger partial charge in [-0.1, -0.05) is 18.2 Å². The SMILES string of the molecule is CC1(C)Oc2ccccc2-c2c1sc(N)c2C#N. The second kappa shape index (κ2) is 3.50. The first-order chi connectivity index (χ1) is 8.54. The van der Waals surface area contributed by atoms with Gasteiger partial charge in [-0.05, 0) is 19.9 Å². The highest BCUT2D eigenvalue weighted by molar-refractivity contribution is 7.16. The molecular weight excluding hydrogens is 244 g/mol. The smallest absolute Gasteiger partial charge is 0.138 e. The maximum atomic E-state index is 9.29. The third-order valence-electron chi connectivity index (χ3n) is 3.12. The number of hydrogen-bond acceptors (Lipinski definition) is 4. The minimum atomic E-state index is -0.447. The van der Waals surface area contributed by atoms with Crippen molar-refractivity contribution < 1.29 is 4.74 Å². The average Bonchev–Trinajstić information content (AvgIpc) is 2.67. The van der Waals surface area contributed by atoms with Gasteiger partial charge >= 0.3 is 0 Å². The normalized spacial score (nSPS) is 15.2. The van der Waals surface area contributed by atoms with Crippen LogP contribution in [0.3, 0.4) is 0 Å². The van der Waals surface area contributed by atoms with E-state index in [4.69, 9.17) is 10.5 Å². The number of rotatable bonds is 0. The Bertz CT molecular complexity index is 680. The van der Waals surface area contributed by atoms with Gasteiger partial charge in [0.2, 0.25) is 0 Å². The van der Waals surface area contributed by atoms with E-state index >= 15 is 0 Å². The molecule has 0 radical (unpaired) electrons. The summed E-state index contributed by atoms with van der Waals surface area (Å²) in [5.74, 6) is 0.810. The number of anilines is 1. The molecule has 18 heavy (non-hydrogen) atoms. The van der Waals surface area contributed by atoms with Crippen LogP contribution in [0.1, 0.15) is 24.3 Å². The van der Waals surface area contributed by atoms with Gasteiger partial charge in [-0.2, -0.15) is 5.26 Å². The van der Waals surface area contributed by atoms with Gasteiger partial charge in [-0.25, -0.2) is 0 Å². The quantitative estimate of drug-likeness (QED) is 0.784. The van der Waals surface area contributed by atoms with Crippen molar-refractivity contribution in [2.45, 2.75) is 19.4 Å². The minimum Gasteiger partial charge on any atom is -0.482 e. The summed E-state index contributed by atoms with van der Waals surface area (Å²) in [6.45, 7) is 4.00. The van der Waals surface area contributed by atoms with Gasteiger partial charge in [0, 0.05) is 11.1 Å². The summed E-state index contributed by atoms with van der Waals surface area (Å²) in [4.78, 5) is 1.02. The number of fused-ring (bicyclic) bond motifs is 3. The van der Waals surface area contributed by atoms with Crippen LogP contribution >= 0.6 is 11.3 Å². The number of thiophene rings is 1. The number of nitrogens with zero attached hydrogens (tertiary/aromatic N) is 1. The van der Waals surface area contributed by atoms with E-state index in [1.807, 2.05) is 38.1 Å². The van der Waals surface area contributed by atoms with Crippen LogP contribution in [0.4, 0.5) is 5.00 Å². The Kier molecular flexibility index (Phi) is 2.16. The van der Waals surface area contributed by atoms with E-state index in [0.29, 0.717) is 10.6 Å².